The van der Waals surface area contributed by atoms with Crippen molar-refractivity contribution in [2.75, 3.05) is 6.54 Å². The Bertz CT molecular complexity index is 660. The minimum Gasteiger partial charge on any atom is -0.306 e. The first kappa shape index (κ1) is 16.0. The van der Waals surface area contributed by atoms with Gasteiger partial charge in [-0.25, -0.2) is 17.6 Å². The van der Waals surface area contributed by atoms with Crippen LogP contribution < -0.4 is 5.32 Å². The molecular formula is C15H12BrF4N. The molecule has 0 bridgehead atoms. The van der Waals surface area contributed by atoms with E-state index in [1.165, 1.54) is 12.1 Å². The van der Waals surface area contributed by atoms with Crippen molar-refractivity contribution in [2.45, 2.75) is 13.0 Å². The Kier molecular flexibility index (Phi) is 5.00. The summed E-state index contributed by atoms with van der Waals surface area (Å²) in [6, 6.07) is 5.52. The summed E-state index contributed by atoms with van der Waals surface area (Å²) < 4.78 is 54.3. The number of nitrogens with one attached hydrogen (secondary N) is 1. The maximum atomic E-state index is 13.9. The van der Waals surface area contributed by atoms with Gasteiger partial charge < -0.3 is 5.32 Å². The fraction of sp³-hybridized carbons (Fsp3) is 0.200. The number of hydrogen-bond acceptors (Lipinski definition) is 1. The van der Waals surface area contributed by atoms with E-state index in [2.05, 4.69) is 21.2 Å². The second-order valence-corrected chi connectivity index (χ2v) is 5.28. The van der Waals surface area contributed by atoms with Gasteiger partial charge in [0.25, 0.3) is 0 Å². The van der Waals surface area contributed by atoms with E-state index in [1.54, 1.807) is 13.0 Å². The first-order valence-electron chi connectivity index (χ1n) is 6.27. The highest BCUT2D eigenvalue weighted by atomic mass is 79.9. The van der Waals surface area contributed by atoms with E-state index in [4.69, 9.17) is 0 Å². The zero-order chi connectivity index (χ0) is 15.6. The van der Waals surface area contributed by atoms with Gasteiger partial charge in [-0.2, -0.15) is 0 Å². The lowest BCUT2D eigenvalue weighted by Crippen LogP contribution is -2.23. The minimum atomic E-state index is -1.53. The number of halogens is 5. The van der Waals surface area contributed by atoms with Crippen LogP contribution in [0.4, 0.5) is 17.6 Å². The SMILES string of the molecule is CCNC(c1ccc(Br)c(F)c1)c1ccc(F)c(F)c1F. The molecule has 0 aliphatic carbocycles. The third-order valence-corrected chi connectivity index (χ3v) is 3.70. The lowest BCUT2D eigenvalue weighted by atomic mass is 9.97. The third kappa shape index (κ3) is 3.27. The van der Waals surface area contributed by atoms with Crippen LogP contribution in [-0.4, -0.2) is 6.54 Å². The molecule has 2 rings (SSSR count). The highest BCUT2D eigenvalue weighted by Crippen LogP contribution is 2.29. The Labute approximate surface area is 128 Å². The Morgan fingerprint density at radius 1 is 1.00 bits per heavy atom. The monoisotopic (exact) mass is 361 g/mol. The van der Waals surface area contributed by atoms with Crippen molar-refractivity contribution in [3.05, 3.63) is 69.2 Å². The van der Waals surface area contributed by atoms with Crippen LogP contribution in [-0.2, 0) is 0 Å². The summed E-state index contributed by atoms with van der Waals surface area (Å²) in [7, 11) is 0. The quantitative estimate of drug-likeness (QED) is 0.614. The molecule has 1 atom stereocenters. The van der Waals surface area contributed by atoms with E-state index >= 15 is 0 Å². The van der Waals surface area contributed by atoms with Crippen LogP contribution in [0.2, 0.25) is 0 Å². The van der Waals surface area contributed by atoms with Crippen LogP contribution in [0.1, 0.15) is 24.1 Å². The molecular weight excluding hydrogens is 350 g/mol. The fourth-order valence-electron chi connectivity index (χ4n) is 2.07. The van der Waals surface area contributed by atoms with Crippen molar-refractivity contribution in [1.82, 2.24) is 5.32 Å². The van der Waals surface area contributed by atoms with Gasteiger partial charge in [0.2, 0.25) is 0 Å². The van der Waals surface area contributed by atoms with Crippen LogP contribution in [0.15, 0.2) is 34.8 Å². The molecule has 0 spiro atoms. The molecule has 0 saturated carbocycles. The summed E-state index contributed by atoms with van der Waals surface area (Å²) in [5.41, 5.74) is 0.347. The molecule has 2 aromatic rings. The smallest absolute Gasteiger partial charge is 0.194 e. The molecule has 0 amide bonds. The second kappa shape index (κ2) is 6.58. The molecule has 2 aromatic carbocycles. The highest BCUT2D eigenvalue weighted by molar-refractivity contribution is 9.10. The third-order valence-electron chi connectivity index (χ3n) is 3.06. The van der Waals surface area contributed by atoms with Crippen LogP contribution in [0.5, 0.6) is 0 Å². The molecule has 6 heteroatoms. The predicted octanol–water partition coefficient (Wildman–Crippen LogP) is 4.70. The van der Waals surface area contributed by atoms with E-state index in [-0.39, 0.29) is 10.0 Å². The minimum absolute atomic E-state index is 0.0718. The first-order chi connectivity index (χ1) is 9.95. The summed E-state index contributed by atoms with van der Waals surface area (Å²) in [5, 5.41) is 2.94. The van der Waals surface area contributed by atoms with Gasteiger partial charge in [-0.1, -0.05) is 19.1 Å². The maximum absolute atomic E-state index is 13.9. The molecule has 21 heavy (non-hydrogen) atoms. The van der Waals surface area contributed by atoms with Crippen molar-refractivity contribution in [3.8, 4) is 0 Å². The highest BCUT2D eigenvalue weighted by Gasteiger charge is 2.22. The summed E-state index contributed by atoms with van der Waals surface area (Å²) in [5.74, 6) is -4.58. The fourth-order valence-corrected chi connectivity index (χ4v) is 2.31. The topological polar surface area (TPSA) is 12.0 Å². The van der Waals surface area contributed by atoms with Crippen molar-refractivity contribution in [1.29, 1.82) is 0 Å². The number of hydrogen-bond donors (Lipinski definition) is 1. The van der Waals surface area contributed by atoms with E-state index in [0.717, 1.165) is 12.1 Å². The van der Waals surface area contributed by atoms with E-state index in [9.17, 15) is 17.6 Å². The summed E-state index contributed by atoms with van der Waals surface area (Å²) in [4.78, 5) is 0. The van der Waals surface area contributed by atoms with Gasteiger partial charge in [-0.3, -0.25) is 0 Å². The molecule has 1 nitrogen and oxygen atoms in total. The largest absolute Gasteiger partial charge is 0.306 e. The number of benzene rings is 2. The Balaban J connectivity index is 2.53. The average molecular weight is 362 g/mol. The van der Waals surface area contributed by atoms with Gasteiger partial charge in [0.1, 0.15) is 5.82 Å². The predicted molar refractivity (Wildman–Crippen MR) is 75.9 cm³/mol. The van der Waals surface area contributed by atoms with E-state index in [1.807, 2.05) is 0 Å². The standard InChI is InChI=1S/C15H12BrF4N/c1-2-21-15(8-3-5-10(16)12(18)7-8)9-4-6-11(17)14(20)13(9)19/h3-7,15,21H,2H2,1H3. The Morgan fingerprint density at radius 2 is 1.71 bits per heavy atom. The summed E-state index contributed by atoms with van der Waals surface area (Å²) >= 11 is 3.03. The van der Waals surface area contributed by atoms with Crippen LogP contribution in [0.25, 0.3) is 0 Å². The average Bonchev–Trinajstić information content (AvgIpc) is 2.46. The summed E-state index contributed by atoms with van der Waals surface area (Å²) in [6.45, 7) is 2.22. The molecule has 0 aliphatic heterocycles. The lowest BCUT2D eigenvalue weighted by molar-refractivity contribution is 0.433. The second-order valence-electron chi connectivity index (χ2n) is 4.43. The van der Waals surface area contributed by atoms with Gasteiger partial charge in [0.15, 0.2) is 17.5 Å². The van der Waals surface area contributed by atoms with Gasteiger partial charge in [-0.05, 0) is 46.2 Å². The Hall–Kier alpha value is -1.40. The molecule has 0 fully saturated rings. The Morgan fingerprint density at radius 3 is 2.33 bits per heavy atom. The van der Waals surface area contributed by atoms with E-state index in [0.29, 0.717) is 12.1 Å². The molecule has 1 unspecified atom stereocenters. The van der Waals surface area contributed by atoms with Crippen LogP contribution in [0.3, 0.4) is 0 Å². The van der Waals surface area contributed by atoms with Crippen molar-refractivity contribution < 1.29 is 17.6 Å². The molecule has 0 aromatic heterocycles. The van der Waals surface area contributed by atoms with Crippen LogP contribution >= 0.6 is 15.9 Å². The molecule has 0 saturated heterocycles. The van der Waals surface area contributed by atoms with Crippen molar-refractivity contribution >= 4 is 15.9 Å². The lowest BCUT2D eigenvalue weighted by Gasteiger charge is -2.20. The van der Waals surface area contributed by atoms with E-state index < -0.39 is 29.3 Å². The molecule has 1 N–H and O–H groups in total. The molecule has 0 heterocycles. The maximum Gasteiger partial charge on any atom is 0.194 e. The zero-order valence-electron chi connectivity index (χ0n) is 11.1. The van der Waals surface area contributed by atoms with Crippen molar-refractivity contribution in [3.63, 3.8) is 0 Å². The van der Waals surface area contributed by atoms with Crippen LogP contribution in [0, 0.1) is 23.3 Å². The van der Waals surface area contributed by atoms with Crippen molar-refractivity contribution in [2.24, 2.45) is 0 Å². The molecule has 0 aliphatic rings. The van der Waals surface area contributed by atoms with Gasteiger partial charge in [0, 0.05) is 5.56 Å². The van der Waals surface area contributed by atoms with Gasteiger partial charge >= 0.3 is 0 Å². The van der Waals surface area contributed by atoms with Gasteiger partial charge in [-0.15, -0.1) is 0 Å². The first-order valence-corrected chi connectivity index (χ1v) is 7.06. The van der Waals surface area contributed by atoms with Gasteiger partial charge in [0.05, 0.1) is 10.5 Å². The number of rotatable bonds is 4. The zero-order valence-corrected chi connectivity index (χ0v) is 12.6. The molecule has 0 radical (unpaired) electrons. The molecule has 112 valence electrons. The summed E-state index contributed by atoms with van der Waals surface area (Å²) in [6.07, 6.45) is 0. The normalized spacial score (nSPS) is 12.5.